The molecule has 1 aromatic carbocycles. The lowest BCUT2D eigenvalue weighted by molar-refractivity contribution is -0.128. The molecule has 0 fully saturated rings. The van der Waals surface area contributed by atoms with Crippen molar-refractivity contribution in [2.45, 2.75) is 26.9 Å². The van der Waals surface area contributed by atoms with E-state index in [-0.39, 0.29) is 12.5 Å². The second kappa shape index (κ2) is 5.12. The van der Waals surface area contributed by atoms with E-state index < -0.39 is 11.5 Å². The van der Waals surface area contributed by atoms with Crippen LogP contribution in [0.4, 0.5) is 0 Å². The van der Waals surface area contributed by atoms with Crippen molar-refractivity contribution in [3.05, 3.63) is 35.9 Å². The van der Waals surface area contributed by atoms with Gasteiger partial charge in [0, 0.05) is 12.0 Å². The maximum absolute atomic E-state index is 11.6. The van der Waals surface area contributed by atoms with Gasteiger partial charge in [-0.3, -0.25) is 4.79 Å². The molecule has 0 aliphatic carbocycles. The van der Waals surface area contributed by atoms with E-state index in [1.54, 1.807) is 0 Å². The summed E-state index contributed by atoms with van der Waals surface area (Å²) in [6.07, 6.45) is -0.646. The normalized spacial score (nSPS) is 13.2. The zero-order valence-corrected chi connectivity index (χ0v) is 10.0. The molecule has 0 saturated carbocycles. The highest BCUT2D eigenvalue weighted by atomic mass is 16.3. The Labute approximate surface area is 96.5 Å². The number of hydrogen-bond donors (Lipinski definition) is 2. The molecule has 0 radical (unpaired) electrons. The summed E-state index contributed by atoms with van der Waals surface area (Å²) >= 11 is 0. The van der Waals surface area contributed by atoms with Crippen LogP contribution in [0.5, 0.6) is 0 Å². The minimum absolute atomic E-state index is 0.0533. The van der Waals surface area contributed by atoms with E-state index in [1.165, 1.54) is 0 Å². The summed E-state index contributed by atoms with van der Waals surface area (Å²) in [6.45, 7) is 5.78. The second-order valence-electron chi connectivity index (χ2n) is 4.89. The van der Waals surface area contributed by atoms with E-state index >= 15 is 0 Å². The van der Waals surface area contributed by atoms with E-state index in [2.05, 4.69) is 5.32 Å². The van der Waals surface area contributed by atoms with Gasteiger partial charge in [0.05, 0.1) is 6.10 Å². The number of rotatable bonds is 3. The third kappa shape index (κ3) is 3.66. The lowest BCUT2D eigenvalue weighted by Crippen LogP contribution is -2.37. The van der Waals surface area contributed by atoms with Gasteiger partial charge in [-0.1, -0.05) is 51.1 Å². The quantitative estimate of drug-likeness (QED) is 0.818. The molecular formula is C13H19NO2. The Kier molecular flexibility index (Phi) is 4.07. The summed E-state index contributed by atoms with van der Waals surface area (Å²) in [5, 5.41) is 12.6. The predicted octanol–water partition coefficient (Wildman–Crippen LogP) is 1.88. The maximum Gasteiger partial charge on any atom is 0.225 e. The summed E-state index contributed by atoms with van der Waals surface area (Å²) in [5.74, 6) is -0.0533. The molecule has 0 bridgehead atoms. The number of benzene rings is 1. The molecule has 1 atom stereocenters. The smallest absolute Gasteiger partial charge is 0.225 e. The average molecular weight is 221 g/mol. The Balaban J connectivity index is 2.48. The lowest BCUT2D eigenvalue weighted by Gasteiger charge is -2.19. The predicted molar refractivity (Wildman–Crippen MR) is 63.9 cm³/mol. The van der Waals surface area contributed by atoms with Crippen LogP contribution in [0.25, 0.3) is 0 Å². The monoisotopic (exact) mass is 221 g/mol. The van der Waals surface area contributed by atoms with Gasteiger partial charge < -0.3 is 10.4 Å². The van der Waals surface area contributed by atoms with Crippen LogP contribution in [0.2, 0.25) is 0 Å². The van der Waals surface area contributed by atoms with Crippen molar-refractivity contribution in [2.75, 3.05) is 6.54 Å². The molecule has 1 aromatic rings. The Morgan fingerprint density at radius 2 is 1.88 bits per heavy atom. The highest BCUT2D eigenvalue weighted by Gasteiger charge is 2.21. The number of carbonyl (C=O) groups is 1. The molecule has 0 aromatic heterocycles. The van der Waals surface area contributed by atoms with Gasteiger partial charge >= 0.3 is 0 Å². The van der Waals surface area contributed by atoms with Gasteiger partial charge in [0.1, 0.15) is 0 Å². The molecule has 16 heavy (non-hydrogen) atoms. The Bertz CT molecular complexity index is 341. The number of amides is 1. The summed E-state index contributed by atoms with van der Waals surface area (Å²) in [4.78, 5) is 11.6. The number of carbonyl (C=O) groups excluding carboxylic acids is 1. The second-order valence-corrected chi connectivity index (χ2v) is 4.89. The molecule has 88 valence electrons. The first kappa shape index (κ1) is 12.7. The van der Waals surface area contributed by atoms with E-state index in [0.717, 1.165) is 5.56 Å². The third-order valence-electron chi connectivity index (χ3n) is 2.32. The van der Waals surface area contributed by atoms with Gasteiger partial charge in [-0.25, -0.2) is 0 Å². The molecular weight excluding hydrogens is 202 g/mol. The van der Waals surface area contributed by atoms with Crippen molar-refractivity contribution in [1.82, 2.24) is 5.32 Å². The molecule has 1 rings (SSSR count). The maximum atomic E-state index is 11.6. The molecule has 0 unspecified atom stereocenters. The van der Waals surface area contributed by atoms with Gasteiger partial charge in [-0.15, -0.1) is 0 Å². The average Bonchev–Trinajstić information content (AvgIpc) is 2.25. The molecule has 0 aliphatic heterocycles. The molecule has 1 amide bonds. The van der Waals surface area contributed by atoms with Crippen LogP contribution in [0.1, 0.15) is 32.4 Å². The molecule has 0 spiro atoms. The number of hydrogen-bond acceptors (Lipinski definition) is 2. The first-order chi connectivity index (χ1) is 7.41. The minimum Gasteiger partial charge on any atom is -0.387 e. The Morgan fingerprint density at radius 1 is 1.31 bits per heavy atom. The molecule has 0 aliphatic rings. The SMILES string of the molecule is CC(C)(C)C(=O)NC[C@H](O)c1ccccc1. The van der Waals surface area contributed by atoms with Crippen LogP contribution in [0.15, 0.2) is 30.3 Å². The Morgan fingerprint density at radius 3 is 2.38 bits per heavy atom. The molecule has 2 N–H and O–H groups in total. The third-order valence-corrected chi connectivity index (χ3v) is 2.32. The van der Waals surface area contributed by atoms with Crippen LogP contribution in [-0.2, 0) is 4.79 Å². The first-order valence-corrected chi connectivity index (χ1v) is 5.42. The van der Waals surface area contributed by atoms with Gasteiger partial charge in [0.2, 0.25) is 5.91 Å². The van der Waals surface area contributed by atoms with Crippen molar-refractivity contribution >= 4 is 5.91 Å². The highest BCUT2D eigenvalue weighted by Crippen LogP contribution is 2.14. The molecule has 0 heterocycles. The molecule has 0 saturated heterocycles. The molecule has 3 nitrogen and oxygen atoms in total. The van der Waals surface area contributed by atoms with Gasteiger partial charge in [-0.2, -0.15) is 0 Å². The van der Waals surface area contributed by atoms with Crippen LogP contribution in [0, 0.1) is 5.41 Å². The Hall–Kier alpha value is -1.35. The fraction of sp³-hybridized carbons (Fsp3) is 0.462. The lowest BCUT2D eigenvalue weighted by atomic mass is 9.95. The fourth-order valence-electron chi connectivity index (χ4n) is 1.25. The van der Waals surface area contributed by atoms with Crippen molar-refractivity contribution in [3.63, 3.8) is 0 Å². The van der Waals surface area contributed by atoms with Crippen molar-refractivity contribution in [2.24, 2.45) is 5.41 Å². The highest BCUT2D eigenvalue weighted by molar-refractivity contribution is 5.81. The molecule has 3 heteroatoms. The zero-order valence-electron chi connectivity index (χ0n) is 10.0. The number of aliphatic hydroxyl groups is 1. The van der Waals surface area contributed by atoms with Crippen molar-refractivity contribution in [3.8, 4) is 0 Å². The van der Waals surface area contributed by atoms with E-state index in [9.17, 15) is 9.90 Å². The van der Waals surface area contributed by atoms with Crippen LogP contribution in [-0.4, -0.2) is 17.6 Å². The minimum atomic E-state index is -0.646. The van der Waals surface area contributed by atoms with Gasteiger partial charge in [0.25, 0.3) is 0 Å². The summed E-state index contributed by atoms with van der Waals surface area (Å²) in [6, 6.07) is 9.31. The summed E-state index contributed by atoms with van der Waals surface area (Å²) in [5.41, 5.74) is 0.396. The van der Waals surface area contributed by atoms with Crippen molar-refractivity contribution < 1.29 is 9.90 Å². The number of nitrogens with one attached hydrogen (secondary N) is 1. The summed E-state index contributed by atoms with van der Waals surface area (Å²) < 4.78 is 0. The van der Waals surface area contributed by atoms with E-state index in [1.807, 2.05) is 51.1 Å². The topological polar surface area (TPSA) is 49.3 Å². The number of aliphatic hydroxyl groups excluding tert-OH is 1. The van der Waals surface area contributed by atoms with Crippen LogP contribution < -0.4 is 5.32 Å². The van der Waals surface area contributed by atoms with E-state index in [4.69, 9.17) is 0 Å². The standard InChI is InChI=1S/C13H19NO2/c1-13(2,3)12(16)14-9-11(15)10-7-5-4-6-8-10/h4-8,11,15H,9H2,1-3H3,(H,14,16)/t11-/m0/s1. The van der Waals surface area contributed by atoms with Crippen molar-refractivity contribution in [1.29, 1.82) is 0 Å². The first-order valence-electron chi connectivity index (χ1n) is 5.42. The summed E-state index contributed by atoms with van der Waals surface area (Å²) in [7, 11) is 0. The van der Waals surface area contributed by atoms with E-state index in [0.29, 0.717) is 0 Å². The van der Waals surface area contributed by atoms with Gasteiger partial charge in [-0.05, 0) is 5.56 Å². The van der Waals surface area contributed by atoms with Crippen LogP contribution >= 0.6 is 0 Å². The fourth-order valence-corrected chi connectivity index (χ4v) is 1.25. The zero-order chi connectivity index (χ0) is 12.2. The van der Waals surface area contributed by atoms with Gasteiger partial charge in [0.15, 0.2) is 0 Å². The largest absolute Gasteiger partial charge is 0.387 e. The van der Waals surface area contributed by atoms with Crippen LogP contribution in [0.3, 0.4) is 0 Å².